The molecule has 0 aromatic carbocycles. The van der Waals surface area contributed by atoms with Crippen molar-refractivity contribution in [2.75, 3.05) is 45.8 Å². The lowest BCUT2D eigenvalue weighted by molar-refractivity contribution is -0.139. The van der Waals surface area contributed by atoms with Crippen LogP contribution in [0.25, 0.3) is 0 Å². The molecule has 2 rings (SSSR count). The highest BCUT2D eigenvalue weighted by Gasteiger charge is 2.39. The number of hydrogen-bond acceptors (Lipinski definition) is 5. The Balaban J connectivity index is 1.76. The quantitative estimate of drug-likeness (QED) is 0.675. The Morgan fingerprint density at radius 1 is 0.963 bits per heavy atom. The number of rotatable bonds is 7. The Kier molecular flexibility index (Phi) is 7.79. The topological polar surface area (TPSA) is 95.7 Å². The van der Waals surface area contributed by atoms with Crippen LogP contribution in [0.3, 0.4) is 0 Å². The molecule has 7 heteroatoms. The summed E-state index contributed by atoms with van der Waals surface area (Å²) in [7, 11) is 0. The van der Waals surface area contributed by atoms with E-state index >= 15 is 0 Å². The van der Waals surface area contributed by atoms with Crippen molar-refractivity contribution in [1.82, 2.24) is 15.1 Å². The van der Waals surface area contributed by atoms with Crippen molar-refractivity contribution < 1.29 is 14.4 Å². The number of nitrogens with two attached hydrogens (primary N) is 1. The Bertz CT molecular complexity index is 536. The molecule has 1 aliphatic carbocycles. The Hall–Kier alpha value is -1.47. The number of amides is 2. The van der Waals surface area contributed by atoms with Gasteiger partial charge in [-0.15, -0.1) is 0 Å². The second-order valence-corrected chi connectivity index (χ2v) is 8.99. The van der Waals surface area contributed by atoms with E-state index in [0.29, 0.717) is 13.1 Å². The van der Waals surface area contributed by atoms with Crippen LogP contribution in [0.4, 0.5) is 0 Å². The van der Waals surface area contributed by atoms with Gasteiger partial charge >= 0.3 is 0 Å². The third-order valence-electron chi connectivity index (χ3n) is 5.75. The van der Waals surface area contributed by atoms with Crippen LogP contribution in [-0.2, 0) is 14.4 Å². The van der Waals surface area contributed by atoms with Gasteiger partial charge in [-0.25, -0.2) is 0 Å². The molecule has 0 spiro atoms. The van der Waals surface area contributed by atoms with E-state index in [1.54, 1.807) is 0 Å². The minimum atomic E-state index is -0.398. The third-order valence-corrected chi connectivity index (χ3v) is 5.75. The van der Waals surface area contributed by atoms with Gasteiger partial charge in [-0.2, -0.15) is 0 Å². The minimum Gasteiger partial charge on any atom is -0.369 e. The standard InChI is InChI=1S/C20H36N4O3/c1-20(2,3)18(26)15-6-4-5-7-16(15)19(27)22-8-9-23-10-12-24(13-11-23)14-17(21)25/h15-16H,4-14H2,1-3H3,(H2,21,25)(H,22,27). The summed E-state index contributed by atoms with van der Waals surface area (Å²) < 4.78 is 0. The number of ketones is 1. The lowest BCUT2D eigenvalue weighted by atomic mass is 9.70. The maximum Gasteiger partial charge on any atom is 0.231 e. The van der Waals surface area contributed by atoms with Gasteiger partial charge in [0.15, 0.2) is 0 Å². The van der Waals surface area contributed by atoms with E-state index in [-0.39, 0.29) is 29.4 Å². The average molecular weight is 381 g/mol. The first-order valence-electron chi connectivity index (χ1n) is 10.2. The molecule has 1 aliphatic heterocycles. The molecule has 27 heavy (non-hydrogen) atoms. The number of hydrogen-bond donors (Lipinski definition) is 2. The fourth-order valence-corrected chi connectivity index (χ4v) is 4.17. The number of carbonyl (C=O) groups excluding carboxylic acids is 3. The first kappa shape index (κ1) is 21.8. The summed E-state index contributed by atoms with van der Waals surface area (Å²) >= 11 is 0. The first-order valence-corrected chi connectivity index (χ1v) is 10.2. The summed E-state index contributed by atoms with van der Waals surface area (Å²) in [6.45, 7) is 10.9. The van der Waals surface area contributed by atoms with E-state index in [2.05, 4.69) is 15.1 Å². The van der Waals surface area contributed by atoms with Crippen LogP contribution >= 0.6 is 0 Å². The molecule has 0 bridgehead atoms. The van der Waals surface area contributed by atoms with Crippen molar-refractivity contribution >= 4 is 17.6 Å². The van der Waals surface area contributed by atoms with Crippen molar-refractivity contribution in [3.8, 4) is 0 Å². The van der Waals surface area contributed by atoms with Crippen molar-refractivity contribution in [3.63, 3.8) is 0 Å². The molecule has 1 saturated carbocycles. The molecule has 0 aromatic rings. The molecule has 1 saturated heterocycles. The minimum absolute atomic E-state index is 0.0321. The Morgan fingerprint density at radius 3 is 2.07 bits per heavy atom. The van der Waals surface area contributed by atoms with E-state index in [4.69, 9.17) is 5.73 Å². The van der Waals surface area contributed by atoms with Gasteiger partial charge in [0.05, 0.1) is 6.54 Å². The zero-order valence-electron chi connectivity index (χ0n) is 17.1. The van der Waals surface area contributed by atoms with Crippen LogP contribution in [-0.4, -0.2) is 73.2 Å². The number of nitrogens with zero attached hydrogens (tertiary/aromatic N) is 2. The van der Waals surface area contributed by atoms with Crippen LogP contribution in [0.2, 0.25) is 0 Å². The highest BCUT2D eigenvalue weighted by Crippen LogP contribution is 2.35. The molecule has 0 radical (unpaired) electrons. The maximum atomic E-state index is 12.7. The average Bonchev–Trinajstić information content (AvgIpc) is 2.61. The molecule has 2 aliphatic rings. The summed E-state index contributed by atoms with van der Waals surface area (Å²) in [5.74, 6) is -0.367. The lowest BCUT2D eigenvalue weighted by Crippen LogP contribution is -2.51. The van der Waals surface area contributed by atoms with Gasteiger partial charge in [-0.1, -0.05) is 33.6 Å². The lowest BCUT2D eigenvalue weighted by Gasteiger charge is -2.35. The van der Waals surface area contributed by atoms with Crippen LogP contribution in [0.1, 0.15) is 46.5 Å². The monoisotopic (exact) mass is 380 g/mol. The molecule has 2 unspecified atom stereocenters. The van der Waals surface area contributed by atoms with E-state index in [9.17, 15) is 14.4 Å². The number of piperazine rings is 1. The molecule has 1 heterocycles. The summed E-state index contributed by atoms with van der Waals surface area (Å²) in [5, 5.41) is 3.06. The number of Topliss-reactive ketones (excluding diaryl/α,β-unsaturated/α-hetero) is 1. The molecular formula is C20H36N4O3. The SMILES string of the molecule is CC(C)(C)C(=O)C1CCCCC1C(=O)NCCN1CCN(CC(N)=O)CC1. The molecule has 0 aromatic heterocycles. The fraction of sp³-hybridized carbons (Fsp3) is 0.850. The zero-order valence-corrected chi connectivity index (χ0v) is 17.1. The van der Waals surface area contributed by atoms with Crippen LogP contribution in [0, 0.1) is 17.3 Å². The predicted molar refractivity (Wildman–Crippen MR) is 105 cm³/mol. The van der Waals surface area contributed by atoms with Crippen molar-refractivity contribution in [3.05, 3.63) is 0 Å². The first-order chi connectivity index (χ1) is 12.7. The zero-order chi connectivity index (χ0) is 20.0. The molecule has 3 N–H and O–H groups in total. The molecule has 2 atom stereocenters. The summed E-state index contributed by atoms with van der Waals surface area (Å²) in [4.78, 5) is 40.8. The van der Waals surface area contributed by atoms with Crippen LogP contribution in [0.15, 0.2) is 0 Å². The van der Waals surface area contributed by atoms with Crippen molar-refractivity contribution in [2.45, 2.75) is 46.5 Å². The van der Waals surface area contributed by atoms with E-state index in [1.165, 1.54) is 0 Å². The summed E-state index contributed by atoms with van der Waals surface area (Å²) in [6.07, 6.45) is 3.69. The highest BCUT2D eigenvalue weighted by molar-refractivity contribution is 5.91. The van der Waals surface area contributed by atoms with E-state index in [1.807, 2.05) is 20.8 Å². The highest BCUT2D eigenvalue weighted by atomic mass is 16.2. The second-order valence-electron chi connectivity index (χ2n) is 8.99. The molecular weight excluding hydrogens is 344 g/mol. The largest absolute Gasteiger partial charge is 0.369 e. The summed E-state index contributed by atoms with van der Waals surface area (Å²) in [5.41, 5.74) is 4.84. The van der Waals surface area contributed by atoms with Crippen LogP contribution in [0.5, 0.6) is 0 Å². The van der Waals surface area contributed by atoms with Gasteiger partial charge in [0, 0.05) is 56.5 Å². The number of nitrogens with one attached hydrogen (secondary N) is 1. The van der Waals surface area contributed by atoms with E-state index < -0.39 is 5.41 Å². The molecule has 2 amide bonds. The smallest absolute Gasteiger partial charge is 0.231 e. The summed E-state index contributed by atoms with van der Waals surface area (Å²) in [6, 6.07) is 0. The Labute approximate surface area is 163 Å². The third kappa shape index (κ3) is 6.57. The number of primary amides is 1. The molecule has 7 nitrogen and oxygen atoms in total. The van der Waals surface area contributed by atoms with Gasteiger partial charge in [-0.05, 0) is 12.8 Å². The van der Waals surface area contributed by atoms with Gasteiger partial charge in [-0.3, -0.25) is 24.2 Å². The van der Waals surface area contributed by atoms with Crippen molar-refractivity contribution in [1.29, 1.82) is 0 Å². The van der Waals surface area contributed by atoms with Gasteiger partial charge in [0.25, 0.3) is 0 Å². The van der Waals surface area contributed by atoms with Gasteiger partial charge in [0.1, 0.15) is 5.78 Å². The Morgan fingerprint density at radius 2 is 1.52 bits per heavy atom. The van der Waals surface area contributed by atoms with E-state index in [0.717, 1.165) is 58.4 Å². The second kappa shape index (κ2) is 9.64. The van der Waals surface area contributed by atoms with Crippen LogP contribution < -0.4 is 11.1 Å². The normalized spacial score (nSPS) is 25.1. The van der Waals surface area contributed by atoms with Gasteiger partial charge < -0.3 is 11.1 Å². The fourth-order valence-electron chi connectivity index (χ4n) is 4.17. The maximum absolute atomic E-state index is 12.7. The van der Waals surface area contributed by atoms with Gasteiger partial charge in [0.2, 0.25) is 11.8 Å². The molecule has 154 valence electrons. The van der Waals surface area contributed by atoms with Crippen molar-refractivity contribution in [2.24, 2.45) is 23.0 Å². The predicted octanol–water partition coefficient (Wildman–Crippen LogP) is 0.627. The number of carbonyl (C=O) groups is 3. The molecule has 2 fully saturated rings.